The Labute approximate surface area is 123 Å². The van der Waals surface area contributed by atoms with Crippen LogP contribution in [0.15, 0.2) is 22.7 Å². The van der Waals surface area contributed by atoms with Crippen LogP contribution in [0.3, 0.4) is 0 Å². The van der Waals surface area contributed by atoms with E-state index >= 15 is 0 Å². The van der Waals surface area contributed by atoms with Crippen molar-refractivity contribution in [2.75, 3.05) is 19.7 Å². The van der Waals surface area contributed by atoms with Crippen LogP contribution >= 0.6 is 15.9 Å². The van der Waals surface area contributed by atoms with E-state index in [1.54, 1.807) is 6.07 Å². The molecule has 7 heteroatoms. The van der Waals surface area contributed by atoms with Gasteiger partial charge < -0.3 is 9.47 Å². The zero-order valence-corrected chi connectivity index (χ0v) is 12.5. The fraction of sp³-hybridized carbons (Fsp3) is 0.538. The molecule has 0 saturated carbocycles. The highest BCUT2D eigenvalue weighted by atomic mass is 79.9. The molecule has 1 aromatic rings. The molecule has 3 nitrogen and oxygen atoms in total. The molecule has 0 aliphatic carbocycles. The van der Waals surface area contributed by atoms with Crippen molar-refractivity contribution in [3.05, 3.63) is 28.2 Å². The molecule has 0 N–H and O–H groups in total. The van der Waals surface area contributed by atoms with Gasteiger partial charge in [0.1, 0.15) is 5.75 Å². The van der Waals surface area contributed by atoms with E-state index in [0.29, 0.717) is 31.8 Å². The third-order valence-corrected chi connectivity index (χ3v) is 3.46. The first kappa shape index (κ1) is 15.6. The summed E-state index contributed by atoms with van der Waals surface area (Å²) in [6.45, 7) is 4.32. The van der Waals surface area contributed by atoms with Crippen LogP contribution in [0.25, 0.3) is 0 Å². The van der Waals surface area contributed by atoms with Gasteiger partial charge in [-0.2, -0.15) is 0 Å². The first-order valence-corrected chi connectivity index (χ1v) is 7.01. The Hall–Kier alpha value is -0.790. The summed E-state index contributed by atoms with van der Waals surface area (Å²) in [7, 11) is 0. The summed E-state index contributed by atoms with van der Waals surface area (Å²) in [5, 5.41) is 0. The average Bonchev–Trinajstić information content (AvgIpc) is 2.31. The summed E-state index contributed by atoms with van der Waals surface area (Å²) in [5.41, 5.74) is 0.505. The second-order valence-electron chi connectivity index (χ2n) is 4.72. The SMILES string of the molecule is CC1CN(Cc2cc(Br)ccc2OC(F)(F)F)CCO1. The van der Waals surface area contributed by atoms with Crippen molar-refractivity contribution in [2.45, 2.75) is 25.9 Å². The molecule has 0 radical (unpaired) electrons. The van der Waals surface area contributed by atoms with Crippen LogP contribution in [0.5, 0.6) is 5.75 Å². The summed E-state index contributed by atoms with van der Waals surface area (Å²) < 4.78 is 47.4. The van der Waals surface area contributed by atoms with Gasteiger partial charge in [-0.1, -0.05) is 15.9 Å². The lowest BCUT2D eigenvalue weighted by Crippen LogP contribution is -2.40. The molecule has 1 saturated heterocycles. The third kappa shape index (κ3) is 4.64. The Morgan fingerprint density at radius 1 is 1.45 bits per heavy atom. The Bertz CT molecular complexity index is 467. The standard InChI is InChI=1S/C13H15BrF3NO2/c1-9-7-18(4-5-19-9)8-10-6-11(14)2-3-12(10)20-13(15,16)17/h2-3,6,9H,4-5,7-8H2,1H3. The number of benzene rings is 1. The zero-order valence-electron chi connectivity index (χ0n) is 10.9. The lowest BCUT2D eigenvalue weighted by Gasteiger charge is -2.31. The molecule has 1 aliphatic rings. The molecule has 1 unspecified atom stereocenters. The lowest BCUT2D eigenvalue weighted by molar-refractivity contribution is -0.275. The van der Waals surface area contributed by atoms with Crippen LogP contribution < -0.4 is 4.74 Å². The quantitative estimate of drug-likeness (QED) is 0.829. The van der Waals surface area contributed by atoms with E-state index in [-0.39, 0.29) is 11.9 Å². The van der Waals surface area contributed by atoms with Gasteiger partial charge in [-0.15, -0.1) is 13.2 Å². The molecule has 0 aromatic heterocycles. The Morgan fingerprint density at radius 2 is 2.20 bits per heavy atom. The number of hydrogen-bond donors (Lipinski definition) is 0. The number of ether oxygens (including phenoxy) is 2. The maximum absolute atomic E-state index is 12.4. The van der Waals surface area contributed by atoms with Crippen molar-refractivity contribution in [1.82, 2.24) is 4.90 Å². The molecule has 1 aliphatic heterocycles. The van der Waals surface area contributed by atoms with Crippen LogP contribution in [0.1, 0.15) is 12.5 Å². The number of rotatable bonds is 3. The zero-order chi connectivity index (χ0) is 14.8. The van der Waals surface area contributed by atoms with E-state index in [9.17, 15) is 13.2 Å². The fourth-order valence-electron chi connectivity index (χ4n) is 2.17. The van der Waals surface area contributed by atoms with Crippen molar-refractivity contribution in [3.8, 4) is 5.75 Å². The molecule has 2 rings (SSSR count). The lowest BCUT2D eigenvalue weighted by atomic mass is 10.1. The molecular weight excluding hydrogens is 339 g/mol. The smallest absolute Gasteiger partial charge is 0.405 e. The topological polar surface area (TPSA) is 21.7 Å². The van der Waals surface area contributed by atoms with E-state index in [1.165, 1.54) is 12.1 Å². The predicted octanol–water partition coefficient (Wildman–Crippen LogP) is 3.57. The van der Waals surface area contributed by atoms with E-state index in [2.05, 4.69) is 25.6 Å². The summed E-state index contributed by atoms with van der Waals surface area (Å²) in [4.78, 5) is 2.05. The summed E-state index contributed by atoms with van der Waals surface area (Å²) in [6.07, 6.45) is -4.59. The van der Waals surface area contributed by atoms with Crippen LogP contribution in [0, 0.1) is 0 Å². The monoisotopic (exact) mass is 353 g/mol. The highest BCUT2D eigenvalue weighted by molar-refractivity contribution is 9.10. The number of morpholine rings is 1. The largest absolute Gasteiger partial charge is 0.573 e. The molecule has 1 heterocycles. The normalized spacial score (nSPS) is 20.9. The number of halogens is 4. The molecule has 0 spiro atoms. The molecule has 112 valence electrons. The number of alkyl halides is 3. The van der Waals surface area contributed by atoms with E-state index in [4.69, 9.17) is 4.74 Å². The minimum atomic E-state index is -4.68. The molecule has 0 amide bonds. The van der Waals surface area contributed by atoms with Crippen molar-refractivity contribution in [3.63, 3.8) is 0 Å². The first-order valence-electron chi connectivity index (χ1n) is 6.21. The van der Waals surface area contributed by atoms with E-state index < -0.39 is 6.36 Å². The Morgan fingerprint density at radius 3 is 2.85 bits per heavy atom. The van der Waals surface area contributed by atoms with Crippen LogP contribution in [-0.4, -0.2) is 37.1 Å². The van der Waals surface area contributed by atoms with Crippen LogP contribution in [-0.2, 0) is 11.3 Å². The van der Waals surface area contributed by atoms with E-state index in [0.717, 1.165) is 4.47 Å². The second-order valence-corrected chi connectivity index (χ2v) is 5.63. The van der Waals surface area contributed by atoms with Crippen LogP contribution in [0.2, 0.25) is 0 Å². The minimum Gasteiger partial charge on any atom is -0.405 e. The molecule has 1 atom stereocenters. The maximum Gasteiger partial charge on any atom is 0.573 e. The third-order valence-electron chi connectivity index (χ3n) is 2.97. The van der Waals surface area contributed by atoms with Crippen molar-refractivity contribution in [2.24, 2.45) is 0 Å². The van der Waals surface area contributed by atoms with Crippen molar-refractivity contribution >= 4 is 15.9 Å². The van der Waals surface area contributed by atoms with Gasteiger partial charge in [-0.3, -0.25) is 4.90 Å². The minimum absolute atomic E-state index is 0.0860. The highest BCUT2D eigenvalue weighted by Crippen LogP contribution is 2.30. The molecule has 1 aromatic carbocycles. The van der Waals surface area contributed by atoms with Gasteiger partial charge >= 0.3 is 6.36 Å². The second kappa shape index (κ2) is 6.32. The Balaban J connectivity index is 2.14. The molecule has 20 heavy (non-hydrogen) atoms. The van der Waals surface area contributed by atoms with Gasteiger partial charge in [0.2, 0.25) is 0 Å². The average molecular weight is 354 g/mol. The maximum atomic E-state index is 12.4. The first-order chi connectivity index (χ1) is 9.33. The van der Waals surface area contributed by atoms with Crippen LogP contribution in [0.4, 0.5) is 13.2 Å². The van der Waals surface area contributed by atoms with E-state index in [1.807, 2.05) is 6.92 Å². The predicted molar refractivity (Wildman–Crippen MR) is 71.5 cm³/mol. The summed E-state index contributed by atoms with van der Waals surface area (Å²) in [6, 6.07) is 4.52. The molecular formula is C13H15BrF3NO2. The summed E-state index contributed by atoms with van der Waals surface area (Å²) in [5.74, 6) is -0.153. The van der Waals surface area contributed by atoms with Gasteiger partial charge in [-0.25, -0.2) is 0 Å². The van der Waals surface area contributed by atoms with Crippen molar-refractivity contribution in [1.29, 1.82) is 0 Å². The fourth-order valence-corrected chi connectivity index (χ4v) is 2.58. The van der Waals surface area contributed by atoms with Gasteiger partial charge in [-0.05, 0) is 25.1 Å². The van der Waals surface area contributed by atoms with Gasteiger partial charge in [0.25, 0.3) is 0 Å². The Kier molecular flexibility index (Phi) is 4.93. The molecule has 1 fully saturated rings. The van der Waals surface area contributed by atoms with Gasteiger partial charge in [0.15, 0.2) is 0 Å². The number of nitrogens with zero attached hydrogens (tertiary/aromatic N) is 1. The van der Waals surface area contributed by atoms with Gasteiger partial charge in [0.05, 0.1) is 12.7 Å². The van der Waals surface area contributed by atoms with Gasteiger partial charge in [0, 0.05) is 29.7 Å². The van der Waals surface area contributed by atoms with Crippen molar-refractivity contribution < 1.29 is 22.6 Å². The molecule has 0 bridgehead atoms. The number of hydrogen-bond acceptors (Lipinski definition) is 3. The summed E-state index contributed by atoms with van der Waals surface area (Å²) >= 11 is 3.27. The highest BCUT2D eigenvalue weighted by Gasteiger charge is 2.32.